The van der Waals surface area contributed by atoms with E-state index in [1.54, 1.807) is 0 Å². The zero-order valence-electron chi connectivity index (χ0n) is 38.0. The number of carbonyl (C=O) groups is 2. The zero-order valence-corrected chi connectivity index (χ0v) is 38.0. The number of ether oxygens (including phenoxy) is 4. The molecule has 0 aromatic carbocycles. The van der Waals surface area contributed by atoms with Crippen molar-refractivity contribution in [3.8, 4) is 0 Å². The van der Waals surface area contributed by atoms with Crippen molar-refractivity contribution >= 4 is 17.8 Å². The fraction of sp³-hybridized carbons (Fsp3) is 0.840. The van der Waals surface area contributed by atoms with Crippen LogP contribution in [0.3, 0.4) is 0 Å². The molecule has 58 heavy (non-hydrogen) atoms. The molecular weight excluding hydrogens is 727 g/mol. The highest BCUT2D eigenvalue weighted by Gasteiger charge is 2.39. The summed E-state index contributed by atoms with van der Waals surface area (Å²) in [6, 6.07) is -0.185. The van der Waals surface area contributed by atoms with Crippen molar-refractivity contribution in [2.75, 3.05) is 13.2 Å². The molecule has 0 bridgehead atoms. The molecule has 0 spiro atoms. The number of esters is 1. The van der Waals surface area contributed by atoms with Crippen LogP contribution < -0.4 is 5.32 Å². The summed E-state index contributed by atoms with van der Waals surface area (Å²) in [6.07, 6.45) is 39.7. The summed E-state index contributed by atoms with van der Waals surface area (Å²) < 4.78 is 24.7. The Morgan fingerprint density at radius 3 is 1.62 bits per heavy atom. The maximum atomic E-state index is 13.1. The normalized spacial score (nSPS) is 16.7. The van der Waals surface area contributed by atoms with Gasteiger partial charge in [-0.2, -0.15) is 0 Å². The Labute approximate surface area is 356 Å². The Kier molecular flexibility index (Phi) is 37.0. The largest absolute Gasteiger partial charge is 0.479 e. The van der Waals surface area contributed by atoms with Crippen molar-refractivity contribution in [3.05, 3.63) is 30.1 Å². The summed E-state index contributed by atoms with van der Waals surface area (Å²) in [7, 11) is 0. The van der Waals surface area contributed by atoms with Gasteiger partial charge in [0.15, 0.2) is 18.0 Å². The predicted molar refractivity (Wildman–Crippen MR) is 240 cm³/mol. The molecule has 3 atom stereocenters. The third-order valence-corrected chi connectivity index (χ3v) is 11.1. The molecule has 1 rings (SSSR count). The van der Waals surface area contributed by atoms with Crippen molar-refractivity contribution in [1.82, 2.24) is 5.32 Å². The molecule has 1 N–H and O–H groups in total. The Hall–Kier alpha value is -2.41. The molecule has 1 saturated carbocycles. The number of rotatable bonds is 41. The lowest BCUT2D eigenvalue weighted by atomic mass is 10.1. The van der Waals surface area contributed by atoms with Crippen LogP contribution in [0.4, 0.5) is 0 Å². The van der Waals surface area contributed by atoms with E-state index in [0.717, 1.165) is 89.9 Å². The van der Waals surface area contributed by atoms with E-state index < -0.39 is 18.5 Å². The highest BCUT2D eigenvalue weighted by Crippen LogP contribution is 2.29. The van der Waals surface area contributed by atoms with Gasteiger partial charge in [-0.25, -0.2) is 4.79 Å². The number of unbranched alkanes of at least 4 members (excludes halogenated alkanes) is 20. The first-order chi connectivity index (χ1) is 28.5. The van der Waals surface area contributed by atoms with E-state index >= 15 is 0 Å². The van der Waals surface area contributed by atoms with E-state index in [1.165, 1.54) is 77.0 Å². The quantitative estimate of drug-likeness (QED) is 0.0164. The molecule has 1 aliphatic rings. The van der Waals surface area contributed by atoms with E-state index in [9.17, 15) is 14.4 Å². The van der Waals surface area contributed by atoms with Crippen molar-refractivity contribution in [3.63, 3.8) is 0 Å². The fourth-order valence-corrected chi connectivity index (χ4v) is 7.45. The number of hydrogen-bond acceptors (Lipinski definition) is 7. The standard InChI is InChI=1S/C50H89NO7/c1-5-9-13-16-19-20-21-22-23-24-25-26-27-28-32-36-49(54)58-47-42-44(51-48(53)35-31-12-8-4)41-46(47)57-45(43-52)37-38-50(55-39-33-29-17-14-10-6-2)56-40-34-30-18-15-11-7-3/h19-20,22-23,44,46-47,50H,5-18,21,24-42H2,1-4H3,(H,51,53)/b20-19-,23-22-. The second-order valence-electron chi connectivity index (χ2n) is 16.6. The summed E-state index contributed by atoms with van der Waals surface area (Å²) in [6.45, 7) is 10.1. The monoisotopic (exact) mass is 816 g/mol. The number of amides is 1. The Bertz CT molecular complexity index is 1070. The van der Waals surface area contributed by atoms with Crippen molar-refractivity contribution in [1.29, 1.82) is 0 Å². The molecule has 0 saturated heterocycles. The second-order valence-corrected chi connectivity index (χ2v) is 16.6. The van der Waals surface area contributed by atoms with Gasteiger partial charge in [0.05, 0.1) is 0 Å². The number of carbonyl (C=O) groups excluding carboxylic acids is 3. The average Bonchev–Trinajstić information content (AvgIpc) is 3.58. The predicted octanol–water partition coefficient (Wildman–Crippen LogP) is 13.5. The molecule has 8 heteroatoms. The van der Waals surface area contributed by atoms with Gasteiger partial charge in [-0.15, -0.1) is 0 Å². The second kappa shape index (κ2) is 40.0. The van der Waals surface area contributed by atoms with Crippen LogP contribution in [0.2, 0.25) is 0 Å². The molecule has 336 valence electrons. The topological polar surface area (TPSA) is 100 Å². The van der Waals surface area contributed by atoms with Crippen molar-refractivity contribution in [2.24, 2.45) is 0 Å². The first kappa shape index (κ1) is 53.6. The van der Waals surface area contributed by atoms with Crippen LogP contribution >= 0.6 is 0 Å². The molecule has 0 radical (unpaired) electrons. The average molecular weight is 816 g/mol. The van der Waals surface area contributed by atoms with E-state index in [2.05, 4.69) is 57.3 Å². The van der Waals surface area contributed by atoms with Gasteiger partial charge in [-0.3, -0.25) is 9.59 Å². The number of nitrogens with one attached hydrogen (secondary N) is 1. The lowest BCUT2D eigenvalue weighted by Gasteiger charge is -2.23. The maximum Gasteiger partial charge on any atom is 0.306 e. The van der Waals surface area contributed by atoms with Crippen LogP contribution in [0.1, 0.15) is 233 Å². The summed E-state index contributed by atoms with van der Waals surface area (Å²) in [4.78, 5) is 38.0. The minimum Gasteiger partial charge on any atom is -0.479 e. The minimum atomic E-state index is -0.543. The summed E-state index contributed by atoms with van der Waals surface area (Å²) in [5.41, 5.74) is 0. The Balaban J connectivity index is 2.65. The maximum absolute atomic E-state index is 13.1. The van der Waals surface area contributed by atoms with Gasteiger partial charge in [0.2, 0.25) is 5.91 Å². The summed E-state index contributed by atoms with van der Waals surface area (Å²) >= 11 is 0. The third kappa shape index (κ3) is 31.5. The molecule has 1 amide bonds. The van der Waals surface area contributed by atoms with Crippen LogP contribution in [0.15, 0.2) is 30.1 Å². The van der Waals surface area contributed by atoms with Gasteiger partial charge in [0.1, 0.15) is 12.2 Å². The highest BCUT2D eigenvalue weighted by atomic mass is 16.7. The third-order valence-electron chi connectivity index (χ3n) is 11.1. The van der Waals surface area contributed by atoms with Gasteiger partial charge in [0.25, 0.3) is 0 Å². The van der Waals surface area contributed by atoms with Gasteiger partial charge in [-0.05, 0) is 57.8 Å². The molecule has 0 aromatic rings. The zero-order chi connectivity index (χ0) is 42.2. The van der Waals surface area contributed by atoms with Crippen molar-refractivity contribution in [2.45, 2.75) is 258 Å². The first-order valence-electron chi connectivity index (χ1n) is 24.4. The van der Waals surface area contributed by atoms with Crippen LogP contribution in [0.5, 0.6) is 0 Å². The minimum absolute atomic E-state index is 0.00771. The van der Waals surface area contributed by atoms with E-state index in [0.29, 0.717) is 51.7 Å². The van der Waals surface area contributed by atoms with Gasteiger partial charge in [-0.1, -0.05) is 161 Å². The lowest BCUT2D eigenvalue weighted by molar-refractivity contribution is -0.155. The van der Waals surface area contributed by atoms with Crippen LogP contribution in [-0.2, 0) is 33.3 Å². The first-order valence-corrected chi connectivity index (χ1v) is 24.4. The number of allylic oxidation sites excluding steroid dienone is 5. The van der Waals surface area contributed by atoms with Crippen LogP contribution in [0, 0.1) is 0 Å². The molecule has 3 unspecified atom stereocenters. The molecule has 0 aliphatic heterocycles. The van der Waals surface area contributed by atoms with E-state index in [4.69, 9.17) is 18.9 Å². The van der Waals surface area contributed by atoms with Gasteiger partial charge in [0, 0.05) is 57.8 Å². The highest BCUT2D eigenvalue weighted by molar-refractivity contribution is 5.76. The molecule has 8 nitrogen and oxygen atoms in total. The van der Waals surface area contributed by atoms with Gasteiger partial charge >= 0.3 is 5.97 Å². The van der Waals surface area contributed by atoms with E-state index in [-0.39, 0.29) is 23.7 Å². The van der Waals surface area contributed by atoms with Crippen LogP contribution in [0.25, 0.3) is 0 Å². The van der Waals surface area contributed by atoms with Gasteiger partial charge < -0.3 is 24.3 Å². The smallest absolute Gasteiger partial charge is 0.306 e. The molecule has 1 aliphatic carbocycles. The summed E-state index contributed by atoms with van der Waals surface area (Å²) in [5.74, 6) is 1.97. The Morgan fingerprint density at radius 1 is 0.569 bits per heavy atom. The van der Waals surface area contributed by atoms with Crippen molar-refractivity contribution < 1.29 is 33.3 Å². The summed E-state index contributed by atoms with van der Waals surface area (Å²) in [5, 5.41) is 3.14. The van der Waals surface area contributed by atoms with Crippen LogP contribution in [-0.4, -0.2) is 55.6 Å². The molecule has 1 fully saturated rings. The Morgan fingerprint density at radius 2 is 1.03 bits per heavy atom. The fourth-order valence-electron chi connectivity index (χ4n) is 7.45. The number of hydrogen-bond donors (Lipinski definition) is 1. The molecule has 0 heterocycles. The SMILES string of the molecule is CCCCC/C=C\C/C=C\CCCCCCCC(=O)OC1CC(NC(=O)CCCCC)CC1OC(=C=O)CCC(OCCCCCCCC)OCCCCCCCC. The molecular formula is C50H89NO7. The molecule has 0 aromatic heterocycles. The lowest BCUT2D eigenvalue weighted by Crippen LogP contribution is -2.33. The van der Waals surface area contributed by atoms with E-state index in [1.807, 2.05) is 5.94 Å².